The monoisotopic (exact) mass is 625 g/mol. The molecule has 10 heteroatoms. The molecule has 3 aromatic rings. The summed E-state index contributed by atoms with van der Waals surface area (Å²) in [6.45, 7) is 15.7. The summed E-state index contributed by atoms with van der Waals surface area (Å²) in [5, 5.41) is 16.6. The zero-order chi connectivity index (χ0) is 27.4. The molecular formula is C27H29Br2N7O. The molecule has 1 aliphatic rings. The van der Waals surface area contributed by atoms with Crippen LogP contribution in [0.1, 0.15) is 58.2 Å². The standard InChI is InChI=1S/C27H29Br2N7O/c1-13-9-14(2)19(32-25(37)27(6,7)8)11-18(13)31-20-15(12-30)21-34-24(26(3,4)5)35-23-17(29)10-16(28)22(33-20)36(21)23/h9-11H,1-8H3,(H,32,37)(H,34,35). The minimum Gasteiger partial charge on any atom is -0.328 e. The van der Waals surface area contributed by atoms with Gasteiger partial charge in [0, 0.05) is 16.5 Å². The number of nitriles is 1. The predicted octanol–water partition coefficient (Wildman–Crippen LogP) is 7.07. The van der Waals surface area contributed by atoms with E-state index in [1.807, 2.05) is 57.2 Å². The van der Waals surface area contributed by atoms with Gasteiger partial charge in [-0.05, 0) is 69.0 Å². The second kappa shape index (κ2) is 9.37. The van der Waals surface area contributed by atoms with E-state index in [0.717, 1.165) is 25.9 Å². The number of amidine groups is 1. The first kappa shape index (κ1) is 27.0. The van der Waals surface area contributed by atoms with Crippen molar-refractivity contribution in [1.82, 2.24) is 9.38 Å². The van der Waals surface area contributed by atoms with Gasteiger partial charge in [-0.1, -0.05) is 47.6 Å². The number of aliphatic imine (C=N–C) groups is 1. The minimum absolute atomic E-state index is 0.0898. The lowest BCUT2D eigenvalue weighted by atomic mass is 9.94. The maximum Gasteiger partial charge on any atom is 0.229 e. The third-order valence-electron chi connectivity index (χ3n) is 5.98. The number of aryl methyl sites for hydroxylation is 2. The molecule has 1 aliphatic heterocycles. The minimum atomic E-state index is -0.543. The molecule has 0 radical (unpaired) electrons. The number of aromatic nitrogens is 2. The highest BCUT2D eigenvalue weighted by Gasteiger charge is 2.29. The van der Waals surface area contributed by atoms with Crippen molar-refractivity contribution in [3.05, 3.63) is 49.3 Å². The Kier molecular flexibility index (Phi) is 6.84. The number of carbonyl (C=O) groups excluding carboxylic acids is 1. The normalized spacial score (nSPS) is 13.8. The Balaban J connectivity index is 2.00. The Bertz CT molecular complexity index is 1610. The summed E-state index contributed by atoms with van der Waals surface area (Å²) in [6, 6.07) is 7.99. The highest BCUT2D eigenvalue weighted by molar-refractivity contribution is 9.11. The van der Waals surface area contributed by atoms with Crippen molar-refractivity contribution in [2.24, 2.45) is 20.8 Å². The number of benzene rings is 1. The van der Waals surface area contributed by atoms with Gasteiger partial charge in [-0.15, -0.1) is 0 Å². The van der Waals surface area contributed by atoms with E-state index in [1.54, 1.807) is 0 Å². The number of rotatable bonds is 2. The van der Waals surface area contributed by atoms with Crippen molar-refractivity contribution in [3.63, 3.8) is 0 Å². The van der Waals surface area contributed by atoms with E-state index in [9.17, 15) is 10.1 Å². The first-order valence-electron chi connectivity index (χ1n) is 11.8. The molecule has 0 saturated heterocycles. The molecule has 2 aromatic heterocycles. The molecule has 4 rings (SSSR count). The first-order chi connectivity index (χ1) is 17.1. The van der Waals surface area contributed by atoms with Gasteiger partial charge in [0.25, 0.3) is 0 Å². The Morgan fingerprint density at radius 2 is 1.76 bits per heavy atom. The van der Waals surface area contributed by atoms with Crippen LogP contribution in [0.25, 0.3) is 5.65 Å². The lowest BCUT2D eigenvalue weighted by Crippen LogP contribution is -2.33. The van der Waals surface area contributed by atoms with Crippen molar-refractivity contribution in [1.29, 1.82) is 5.26 Å². The van der Waals surface area contributed by atoms with Crippen LogP contribution in [0, 0.1) is 36.0 Å². The SMILES string of the molecule is Cc1cc(C)c(NC(=O)C(C)(C)C)cc1N=c1nc2c(Br)cc(Br)c3n2c(c1C#N)NC(C(C)(C)C)=N3. The van der Waals surface area contributed by atoms with Crippen LogP contribution in [0.2, 0.25) is 0 Å². The van der Waals surface area contributed by atoms with Gasteiger partial charge in [0.15, 0.2) is 17.0 Å². The fourth-order valence-electron chi connectivity index (χ4n) is 3.77. The van der Waals surface area contributed by atoms with Crippen molar-refractivity contribution in [3.8, 4) is 6.07 Å². The molecule has 1 aromatic carbocycles. The van der Waals surface area contributed by atoms with Gasteiger partial charge >= 0.3 is 0 Å². The van der Waals surface area contributed by atoms with Crippen molar-refractivity contribution in [2.75, 3.05) is 10.6 Å². The third-order valence-corrected chi connectivity index (χ3v) is 7.14. The molecule has 0 aliphatic carbocycles. The molecule has 192 valence electrons. The maximum atomic E-state index is 12.7. The number of anilines is 2. The Labute approximate surface area is 233 Å². The fourth-order valence-corrected chi connectivity index (χ4v) is 5.07. The summed E-state index contributed by atoms with van der Waals surface area (Å²) >= 11 is 7.22. The van der Waals surface area contributed by atoms with Crippen LogP contribution in [-0.2, 0) is 4.79 Å². The third kappa shape index (κ3) is 5.07. The molecule has 0 spiro atoms. The first-order valence-corrected chi connectivity index (χ1v) is 13.4. The zero-order valence-corrected chi connectivity index (χ0v) is 25.3. The number of hydrogen-bond donors (Lipinski definition) is 2. The lowest BCUT2D eigenvalue weighted by molar-refractivity contribution is -0.123. The van der Waals surface area contributed by atoms with Gasteiger partial charge in [0.1, 0.15) is 23.3 Å². The highest BCUT2D eigenvalue weighted by Crippen LogP contribution is 2.38. The van der Waals surface area contributed by atoms with E-state index in [0.29, 0.717) is 34.2 Å². The Morgan fingerprint density at radius 3 is 2.35 bits per heavy atom. The van der Waals surface area contributed by atoms with Crippen LogP contribution in [0.15, 0.2) is 37.1 Å². The van der Waals surface area contributed by atoms with Crippen molar-refractivity contribution < 1.29 is 4.79 Å². The zero-order valence-electron chi connectivity index (χ0n) is 22.1. The van der Waals surface area contributed by atoms with Crippen molar-refractivity contribution >= 4 is 72.3 Å². The number of halogens is 2. The molecule has 0 atom stereocenters. The molecule has 37 heavy (non-hydrogen) atoms. The van der Waals surface area contributed by atoms with E-state index in [1.165, 1.54) is 0 Å². The maximum absolute atomic E-state index is 12.7. The molecule has 0 unspecified atom stereocenters. The number of hydrogen-bond acceptors (Lipinski definition) is 6. The molecule has 0 fully saturated rings. The summed E-state index contributed by atoms with van der Waals surface area (Å²) in [6.07, 6.45) is 0. The largest absolute Gasteiger partial charge is 0.328 e. The van der Waals surface area contributed by atoms with Crippen LogP contribution < -0.4 is 16.1 Å². The average Bonchev–Trinajstić information content (AvgIpc) is 2.78. The summed E-state index contributed by atoms with van der Waals surface area (Å²) in [4.78, 5) is 27.1. The number of nitrogens with one attached hydrogen (secondary N) is 2. The molecule has 3 heterocycles. The second-order valence-corrected chi connectivity index (χ2v) is 12.9. The number of nitrogens with zero attached hydrogens (tertiary/aromatic N) is 5. The van der Waals surface area contributed by atoms with Gasteiger partial charge in [-0.25, -0.2) is 15.0 Å². The van der Waals surface area contributed by atoms with E-state index >= 15 is 0 Å². The fraction of sp³-hybridized carbons (Fsp3) is 0.370. The number of pyridine rings is 1. The van der Waals surface area contributed by atoms with Gasteiger partial charge < -0.3 is 10.6 Å². The van der Waals surface area contributed by atoms with E-state index in [-0.39, 0.29) is 16.8 Å². The van der Waals surface area contributed by atoms with Crippen LogP contribution in [-0.4, -0.2) is 21.1 Å². The van der Waals surface area contributed by atoms with Crippen LogP contribution >= 0.6 is 31.9 Å². The van der Waals surface area contributed by atoms with Crippen LogP contribution in [0.5, 0.6) is 0 Å². The van der Waals surface area contributed by atoms with Gasteiger partial charge in [-0.3, -0.25) is 9.20 Å². The summed E-state index contributed by atoms with van der Waals surface area (Å²) < 4.78 is 3.31. The Hall–Kier alpha value is -3.03. The summed E-state index contributed by atoms with van der Waals surface area (Å²) in [7, 11) is 0. The molecular weight excluding hydrogens is 598 g/mol. The van der Waals surface area contributed by atoms with Gasteiger partial charge in [0.2, 0.25) is 5.91 Å². The highest BCUT2D eigenvalue weighted by atomic mass is 79.9. The van der Waals surface area contributed by atoms with E-state index in [2.05, 4.69) is 69.3 Å². The molecule has 0 saturated carbocycles. The van der Waals surface area contributed by atoms with E-state index < -0.39 is 5.41 Å². The van der Waals surface area contributed by atoms with Gasteiger partial charge in [0.05, 0.1) is 14.6 Å². The summed E-state index contributed by atoms with van der Waals surface area (Å²) in [5.41, 5.74) is 3.42. The summed E-state index contributed by atoms with van der Waals surface area (Å²) in [5.74, 6) is 1.83. The van der Waals surface area contributed by atoms with E-state index in [4.69, 9.17) is 15.0 Å². The van der Waals surface area contributed by atoms with Crippen molar-refractivity contribution in [2.45, 2.75) is 55.4 Å². The molecule has 0 bridgehead atoms. The topological polar surface area (TPSA) is 107 Å². The van der Waals surface area contributed by atoms with Crippen LogP contribution in [0.3, 0.4) is 0 Å². The quantitative estimate of drug-likeness (QED) is 0.317. The Morgan fingerprint density at radius 1 is 1.08 bits per heavy atom. The number of carbonyl (C=O) groups is 1. The predicted molar refractivity (Wildman–Crippen MR) is 155 cm³/mol. The van der Waals surface area contributed by atoms with Crippen LogP contribution in [0.4, 0.5) is 23.0 Å². The van der Waals surface area contributed by atoms with Gasteiger partial charge in [-0.2, -0.15) is 5.26 Å². The molecule has 2 N–H and O–H groups in total. The molecule has 8 nitrogen and oxygen atoms in total. The average molecular weight is 627 g/mol. The smallest absolute Gasteiger partial charge is 0.229 e. The number of amides is 1. The molecule has 1 amide bonds. The second-order valence-electron chi connectivity index (χ2n) is 11.2. The lowest BCUT2D eigenvalue weighted by Gasteiger charge is -2.29.